The molecule has 0 bridgehead atoms. The minimum atomic E-state index is 0.236. The van der Waals surface area contributed by atoms with Crippen molar-refractivity contribution in [3.8, 4) is 0 Å². The van der Waals surface area contributed by atoms with Crippen LogP contribution in [0.15, 0.2) is 48.9 Å². The highest BCUT2D eigenvalue weighted by molar-refractivity contribution is 5.15. The molecule has 0 aromatic carbocycles. The van der Waals surface area contributed by atoms with E-state index in [4.69, 9.17) is 0 Å². The van der Waals surface area contributed by atoms with Gasteiger partial charge in [-0.15, -0.1) is 0 Å². The molecular formula is C14H17N3. The van der Waals surface area contributed by atoms with Gasteiger partial charge in [-0.25, -0.2) is 0 Å². The van der Waals surface area contributed by atoms with Crippen LogP contribution in [0.25, 0.3) is 0 Å². The fourth-order valence-corrected chi connectivity index (χ4v) is 1.84. The van der Waals surface area contributed by atoms with E-state index in [1.807, 2.05) is 48.9 Å². The third-order valence-corrected chi connectivity index (χ3v) is 2.84. The van der Waals surface area contributed by atoms with Gasteiger partial charge in [0.1, 0.15) is 0 Å². The molecule has 3 heteroatoms. The second kappa shape index (κ2) is 5.55. The van der Waals surface area contributed by atoms with Crippen molar-refractivity contribution in [3.63, 3.8) is 0 Å². The van der Waals surface area contributed by atoms with Gasteiger partial charge in [-0.2, -0.15) is 0 Å². The number of rotatable bonds is 4. The molecule has 88 valence electrons. The molecule has 2 heterocycles. The predicted octanol–water partition coefficient (Wildman–Crippen LogP) is 2.89. The summed E-state index contributed by atoms with van der Waals surface area (Å²) in [5.74, 6) is 0. The molecule has 0 saturated heterocycles. The molecule has 0 saturated carbocycles. The summed E-state index contributed by atoms with van der Waals surface area (Å²) in [6.07, 6.45) is 5.46. The summed E-state index contributed by atoms with van der Waals surface area (Å²) in [6.45, 7) is 4.27. The molecule has 2 aromatic rings. The third kappa shape index (κ3) is 3.11. The number of hydrogen-bond donors (Lipinski definition) is 1. The zero-order valence-corrected chi connectivity index (χ0v) is 10.2. The lowest BCUT2D eigenvalue weighted by Crippen LogP contribution is -2.23. The molecule has 0 amide bonds. The molecular weight excluding hydrogens is 210 g/mol. The molecule has 0 spiro atoms. The van der Waals surface area contributed by atoms with Crippen LogP contribution >= 0.6 is 0 Å². The summed E-state index contributed by atoms with van der Waals surface area (Å²) in [6, 6.07) is 10.6. The van der Waals surface area contributed by atoms with Crippen LogP contribution in [0, 0.1) is 0 Å². The quantitative estimate of drug-likeness (QED) is 0.872. The number of nitrogens with zero attached hydrogens (tertiary/aromatic N) is 2. The minimum absolute atomic E-state index is 0.236. The smallest absolute Gasteiger partial charge is 0.0570 e. The molecule has 3 nitrogen and oxygen atoms in total. The maximum Gasteiger partial charge on any atom is 0.0570 e. The summed E-state index contributed by atoms with van der Waals surface area (Å²) in [5.41, 5.74) is 2.30. The first-order chi connectivity index (χ1) is 8.27. The second-order valence-corrected chi connectivity index (χ2v) is 4.15. The van der Waals surface area contributed by atoms with E-state index in [1.54, 1.807) is 0 Å². The van der Waals surface area contributed by atoms with Gasteiger partial charge in [0, 0.05) is 30.7 Å². The molecule has 0 aliphatic rings. The lowest BCUT2D eigenvalue weighted by Gasteiger charge is -2.19. The average molecular weight is 227 g/mol. The van der Waals surface area contributed by atoms with Gasteiger partial charge in [0.15, 0.2) is 0 Å². The topological polar surface area (TPSA) is 37.8 Å². The Morgan fingerprint density at radius 3 is 2.35 bits per heavy atom. The van der Waals surface area contributed by atoms with Crippen molar-refractivity contribution in [3.05, 3.63) is 60.2 Å². The molecule has 0 aliphatic carbocycles. The van der Waals surface area contributed by atoms with Crippen molar-refractivity contribution in [1.29, 1.82) is 0 Å². The second-order valence-electron chi connectivity index (χ2n) is 4.15. The van der Waals surface area contributed by atoms with Crippen molar-refractivity contribution in [1.82, 2.24) is 15.3 Å². The first-order valence-electron chi connectivity index (χ1n) is 5.84. The third-order valence-electron chi connectivity index (χ3n) is 2.84. The first kappa shape index (κ1) is 11.7. The normalized spacial score (nSPS) is 14.2. The standard InChI is InChI=1S/C14H17N3/c1-11(13-6-9-15-10-7-13)17-12(2)14-5-3-4-8-16-14/h3-12,17H,1-2H3/t11-,12?/m1/s1. The molecule has 17 heavy (non-hydrogen) atoms. The van der Waals surface area contributed by atoms with Gasteiger partial charge < -0.3 is 5.32 Å². The van der Waals surface area contributed by atoms with E-state index in [0.29, 0.717) is 0 Å². The number of pyridine rings is 2. The van der Waals surface area contributed by atoms with Crippen molar-refractivity contribution < 1.29 is 0 Å². The van der Waals surface area contributed by atoms with Gasteiger partial charge in [-0.1, -0.05) is 6.07 Å². The summed E-state index contributed by atoms with van der Waals surface area (Å²) in [7, 11) is 0. The highest BCUT2D eigenvalue weighted by Gasteiger charge is 2.11. The van der Waals surface area contributed by atoms with Crippen LogP contribution in [0.1, 0.15) is 37.2 Å². The highest BCUT2D eigenvalue weighted by Crippen LogP contribution is 2.16. The maximum absolute atomic E-state index is 4.35. The maximum atomic E-state index is 4.35. The van der Waals surface area contributed by atoms with Gasteiger partial charge in [-0.3, -0.25) is 9.97 Å². The Kier molecular flexibility index (Phi) is 3.83. The molecule has 1 unspecified atom stereocenters. The molecule has 0 fully saturated rings. The Morgan fingerprint density at radius 2 is 1.71 bits per heavy atom. The fourth-order valence-electron chi connectivity index (χ4n) is 1.84. The Labute approximate surface area is 102 Å². The van der Waals surface area contributed by atoms with Crippen molar-refractivity contribution in [2.45, 2.75) is 25.9 Å². The molecule has 1 N–H and O–H groups in total. The summed E-state index contributed by atoms with van der Waals surface area (Å²) < 4.78 is 0. The molecule has 2 rings (SSSR count). The summed E-state index contributed by atoms with van der Waals surface area (Å²) in [4.78, 5) is 8.38. The Hall–Kier alpha value is -1.74. The zero-order chi connectivity index (χ0) is 12.1. The van der Waals surface area contributed by atoms with E-state index < -0.39 is 0 Å². The Bertz CT molecular complexity index is 398. The van der Waals surface area contributed by atoms with Crippen LogP contribution in [-0.4, -0.2) is 9.97 Å². The lowest BCUT2D eigenvalue weighted by molar-refractivity contribution is 0.486. The predicted molar refractivity (Wildman–Crippen MR) is 68.4 cm³/mol. The zero-order valence-electron chi connectivity index (χ0n) is 10.2. The van der Waals surface area contributed by atoms with E-state index in [0.717, 1.165) is 5.69 Å². The van der Waals surface area contributed by atoms with Crippen LogP contribution in [0.4, 0.5) is 0 Å². The Balaban J connectivity index is 2.02. The minimum Gasteiger partial charge on any atom is -0.302 e. The summed E-state index contributed by atoms with van der Waals surface area (Å²) in [5, 5.41) is 3.52. The molecule has 0 aliphatic heterocycles. The number of aromatic nitrogens is 2. The van der Waals surface area contributed by atoms with Crippen LogP contribution in [0.5, 0.6) is 0 Å². The van der Waals surface area contributed by atoms with Crippen LogP contribution in [0.3, 0.4) is 0 Å². The average Bonchev–Trinajstić information content (AvgIpc) is 2.40. The van der Waals surface area contributed by atoms with Crippen LogP contribution in [-0.2, 0) is 0 Å². The Morgan fingerprint density at radius 1 is 0.941 bits per heavy atom. The van der Waals surface area contributed by atoms with E-state index in [-0.39, 0.29) is 12.1 Å². The van der Waals surface area contributed by atoms with Gasteiger partial charge in [-0.05, 0) is 43.7 Å². The SMILES string of the molecule is CC(N[C@H](C)c1ccncc1)c1ccccn1. The van der Waals surface area contributed by atoms with Crippen molar-refractivity contribution in [2.24, 2.45) is 0 Å². The number of hydrogen-bond acceptors (Lipinski definition) is 3. The summed E-state index contributed by atoms with van der Waals surface area (Å²) >= 11 is 0. The van der Waals surface area contributed by atoms with Crippen LogP contribution < -0.4 is 5.32 Å². The van der Waals surface area contributed by atoms with Gasteiger partial charge in [0.2, 0.25) is 0 Å². The van der Waals surface area contributed by atoms with Crippen molar-refractivity contribution in [2.75, 3.05) is 0 Å². The van der Waals surface area contributed by atoms with E-state index in [1.165, 1.54) is 5.56 Å². The number of nitrogens with one attached hydrogen (secondary N) is 1. The fraction of sp³-hybridized carbons (Fsp3) is 0.286. The lowest BCUT2D eigenvalue weighted by atomic mass is 10.1. The molecule has 2 atom stereocenters. The van der Waals surface area contributed by atoms with Crippen molar-refractivity contribution >= 4 is 0 Å². The van der Waals surface area contributed by atoms with E-state index in [9.17, 15) is 0 Å². The highest BCUT2D eigenvalue weighted by atomic mass is 15.0. The van der Waals surface area contributed by atoms with Gasteiger partial charge in [0.25, 0.3) is 0 Å². The van der Waals surface area contributed by atoms with Crippen LogP contribution in [0.2, 0.25) is 0 Å². The monoisotopic (exact) mass is 227 g/mol. The molecule has 2 aromatic heterocycles. The van der Waals surface area contributed by atoms with E-state index in [2.05, 4.69) is 29.1 Å². The van der Waals surface area contributed by atoms with E-state index >= 15 is 0 Å². The van der Waals surface area contributed by atoms with Gasteiger partial charge >= 0.3 is 0 Å². The molecule has 0 radical (unpaired) electrons. The largest absolute Gasteiger partial charge is 0.302 e. The van der Waals surface area contributed by atoms with Gasteiger partial charge in [0.05, 0.1) is 5.69 Å². The first-order valence-corrected chi connectivity index (χ1v) is 5.84.